The lowest BCUT2D eigenvalue weighted by Crippen LogP contribution is -2.51. The highest BCUT2D eigenvalue weighted by atomic mass is 35.5. The zero-order valence-electron chi connectivity index (χ0n) is 21.2. The van der Waals surface area contributed by atoms with Crippen molar-refractivity contribution in [3.63, 3.8) is 0 Å². The summed E-state index contributed by atoms with van der Waals surface area (Å²) >= 11 is 6.17. The first-order chi connectivity index (χ1) is 17.6. The first-order valence-electron chi connectivity index (χ1n) is 12.1. The lowest BCUT2D eigenvalue weighted by atomic mass is 10.1. The van der Waals surface area contributed by atoms with Crippen LogP contribution in [0.15, 0.2) is 83.8 Å². The molecule has 37 heavy (non-hydrogen) atoms. The molecule has 0 aliphatic carbocycles. The molecule has 3 aromatic rings. The van der Waals surface area contributed by atoms with E-state index >= 15 is 0 Å². The number of halogens is 1. The minimum Gasteiger partial charge on any atom is -0.354 e. The zero-order chi connectivity index (χ0) is 27.0. The van der Waals surface area contributed by atoms with Crippen LogP contribution in [-0.4, -0.2) is 44.3 Å². The van der Waals surface area contributed by atoms with Gasteiger partial charge in [-0.1, -0.05) is 72.6 Å². The Labute approximate surface area is 224 Å². The van der Waals surface area contributed by atoms with Crippen LogP contribution in [-0.2, 0) is 26.2 Å². The Morgan fingerprint density at radius 1 is 0.973 bits per heavy atom. The number of nitrogens with zero attached hydrogens (tertiary/aromatic N) is 2. The van der Waals surface area contributed by atoms with Crippen molar-refractivity contribution in [2.45, 2.75) is 44.7 Å². The third-order valence-corrected chi connectivity index (χ3v) is 7.92. The van der Waals surface area contributed by atoms with Crippen molar-refractivity contribution in [2.24, 2.45) is 0 Å². The monoisotopic (exact) mass is 541 g/mol. The van der Waals surface area contributed by atoms with E-state index in [0.29, 0.717) is 11.6 Å². The second kappa shape index (κ2) is 12.7. The Morgan fingerprint density at radius 3 is 2.27 bits per heavy atom. The average molecular weight is 542 g/mol. The number of amides is 2. The van der Waals surface area contributed by atoms with Gasteiger partial charge in [0.1, 0.15) is 12.6 Å². The lowest BCUT2D eigenvalue weighted by molar-refractivity contribution is -0.139. The molecule has 0 bridgehead atoms. The van der Waals surface area contributed by atoms with E-state index in [1.165, 1.54) is 23.1 Å². The molecule has 7 nitrogen and oxygen atoms in total. The summed E-state index contributed by atoms with van der Waals surface area (Å²) in [6.07, 6.45) is 0.752. The molecule has 9 heteroatoms. The Balaban J connectivity index is 2.00. The van der Waals surface area contributed by atoms with Gasteiger partial charge in [-0.05, 0) is 56.2 Å². The summed E-state index contributed by atoms with van der Waals surface area (Å²) in [5.74, 6) is -0.818. The number of nitrogens with one attached hydrogen (secondary N) is 1. The number of anilines is 1. The summed E-state index contributed by atoms with van der Waals surface area (Å²) in [6.45, 7) is 5.67. The molecule has 1 atom stereocenters. The normalized spacial score (nSPS) is 12.0. The molecule has 0 fully saturated rings. The third kappa shape index (κ3) is 7.33. The summed E-state index contributed by atoms with van der Waals surface area (Å²) < 4.78 is 28.4. The van der Waals surface area contributed by atoms with E-state index in [9.17, 15) is 18.0 Å². The summed E-state index contributed by atoms with van der Waals surface area (Å²) in [4.78, 5) is 28.1. The lowest BCUT2D eigenvalue weighted by Gasteiger charge is -2.32. The van der Waals surface area contributed by atoms with Crippen molar-refractivity contribution >= 4 is 39.1 Å². The van der Waals surface area contributed by atoms with Crippen LogP contribution >= 0.6 is 11.6 Å². The van der Waals surface area contributed by atoms with Crippen LogP contribution in [0, 0.1) is 6.92 Å². The van der Waals surface area contributed by atoms with E-state index in [1.807, 2.05) is 38.1 Å². The first kappa shape index (κ1) is 28.2. The molecule has 0 spiro atoms. The highest BCUT2D eigenvalue weighted by Gasteiger charge is 2.32. The quantitative estimate of drug-likeness (QED) is 0.378. The van der Waals surface area contributed by atoms with Crippen LogP contribution < -0.4 is 9.62 Å². The fourth-order valence-corrected chi connectivity index (χ4v) is 5.36. The largest absolute Gasteiger partial charge is 0.354 e. The summed E-state index contributed by atoms with van der Waals surface area (Å²) in [7, 11) is -4.11. The van der Waals surface area contributed by atoms with Gasteiger partial charge in [-0.25, -0.2) is 8.42 Å². The molecule has 0 aliphatic rings. The maximum atomic E-state index is 13.8. The molecule has 0 saturated heterocycles. The first-order valence-corrected chi connectivity index (χ1v) is 13.9. The molecular weight excluding hydrogens is 510 g/mol. The van der Waals surface area contributed by atoms with Gasteiger partial charge >= 0.3 is 0 Å². The van der Waals surface area contributed by atoms with Gasteiger partial charge in [0.15, 0.2) is 0 Å². The second-order valence-corrected chi connectivity index (χ2v) is 11.1. The number of aryl methyl sites for hydroxylation is 1. The highest BCUT2D eigenvalue weighted by molar-refractivity contribution is 7.92. The number of carbonyl (C=O) groups is 2. The molecule has 3 rings (SSSR count). The van der Waals surface area contributed by atoms with Gasteiger partial charge < -0.3 is 10.2 Å². The van der Waals surface area contributed by atoms with Gasteiger partial charge in [0, 0.05) is 18.1 Å². The van der Waals surface area contributed by atoms with Gasteiger partial charge in [0.2, 0.25) is 11.8 Å². The van der Waals surface area contributed by atoms with Crippen molar-refractivity contribution in [1.29, 1.82) is 0 Å². The Kier molecular flexibility index (Phi) is 9.72. The molecule has 0 aromatic heterocycles. The van der Waals surface area contributed by atoms with E-state index in [0.717, 1.165) is 21.9 Å². The van der Waals surface area contributed by atoms with Crippen LogP contribution in [0.1, 0.15) is 31.4 Å². The Hall–Kier alpha value is -3.36. The van der Waals surface area contributed by atoms with Gasteiger partial charge in [-0.3, -0.25) is 13.9 Å². The number of benzene rings is 3. The van der Waals surface area contributed by atoms with Crippen molar-refractivity contribution in [3.8, 4) is 0 Å². The molecule has 0 unspecified atom stereocenters. The van der Waals surface area contributed by atoms with Gasteiger partial charge in [0.05, 0.1) is 10.6 Å². The maximum Gasteiger partial charge on any atom is 0.264 e. The average Bonchev–Trinajstić information content (AvgIpc) is 2.89. The van der Waals surface area contributed by atoms with Crippen molar-refractivity contribution < 1.29 is 18.0 Å². The molecule has 0 saturated carbocycles. The Morgan fingerprint density at radius 2 is 1.65 bits per heavy atom. The molecule has 3 aromatic carbocycles. The minimum atomic E-state index is -4.11. The van der Waals surface area contributed by atoms with Crippen LogP contribution in [0.3, 0.4) is 0 Å². The van der Waals surface area contributed by atoms with E-state index in [-0.39, 0.29) is 23.0 Å². The minimum absolute atomic E-state index is 0.0431. The van der Waals surface area contributed by atoms with Gasteiger partial charge in [-0.15, -0.1) is 0 Å². The number of hydrogen-bond acceptors (Lipinski definition) is 4. The summed E-state index contributed by atoms with van der Waals surface area (Å²) in [5, 5.41) is 3.16. The maximum absolute atomic E-state index is 13.8. The van der Waals surface area contributed by atoms with Crippen molar-refractivity contribution in [3.05, 3.63) is 95.0 Å². The number of rotatable bonds is 11. The third-order valence-electron chi connectivity index (χ3n) is 5.90. The second-order valence-electron chi connectivity index (χ2n) is 8.78. The standard InChI is InChI=1S/C28H32ClN3O4S/c1-4-17-30-28(34)22(3)31(19-23-15-13-21(2)14-16-23)27(33)20-32(25-10-8-9-24(29)18-25)37(35,36)26-11-6-5-7-12-26/h5-16,18,22H,4,17,19-20H2,1-3H3,(H,30,34)/t22-/m0/s1. The van der Waals surface area contributed by atoms with Crippen LogP contribution in [0.4, 0.5) is 5.69 Å². The molecular formula is C28H32ClN3O4S. The van der Waals surface area contributed by atoms with E-state index < -0.39 is 28.5 Å². The zero-order valence-corrected chi connectivity index (χ0v) is 22.8. The van der Waals surface area contributed by atoms with E-state index in [2.05, 4.69) is 5.32 Å². The Bertz CT molecular complexity index is 1310. The molecule has 1 N–H and O–H groups in total. The van der Waals surface area contributed by atoms with Crippen molar-refractivity contribution in [2.75, 3.05) is 17.4 Å². The topological polar surface area (TPSA) is 86.8 Å². The predicted octanol–water partition coefficient (Wildman–Crippen LogP) is 4.79. The fourth-order valence-electron chi connectivity index (χ4n) is 3.75. The van der Waals surface area contributed by atoms with Crippen LogP contribution in [0.5, 0.6) is 0 Å². The van der Waals surface area contributed by atoms with Crippen LogP contribution in [0.25, 0.3) is 0 Å². The number of carbonyl (C=O) groups excluding carboxylic acids is 2. The molecule has 0 heterocycles. The predicted molar refractivity (Wildman–Crippen MR) is 147 cm³/mol. The smallest absolute Gasteiger partial charge is 0.264 e. The molecule has 0 aliphatic heterocycles. The van der Waals surface area contributed by atoms with E-state index in [4.69, 9.17) is 11.6 Å². The van der Waals surface area contributed by atoms with Gasteiger partial charge in [0.25, 0.3) is 10.0 Å². The number of hydrogen-bond donors (Lipinski definition) is 1. The highest BCUT2D eigenvalue weighted by Crippen LogP contribution is 2.26. The summed E-state index contributed by atoms with van der Waals surface area (Å²) in [6, 6.07) is 21.1. The molecule has 0 radical (unpaired) electrons. The van der Waals surface area contributed by atoms with Crippen LogP contribution in [0.2, 0.25) is 5.02 Å². The SMILES string of the molecule is CCCNC(=O)[C@H](C)N(Cc1ccc(C)cc1)C(=O)CN(c1cccc(Cl)c1)S(=O)(=O)c1ccccc1. The van der Waals surface area contributed by atoms with Gasteiger partial charge in [-0.2, -0.15) is 0 Å². The molecule has 2 amide bonds. The number of sulfonamides is 1. The van der Waals surface area contributed by atoms with E-state index in [1.54, 1.807) is 43.3 Å². The fraction of sp³-hybridized carbons (Fsp3) is 0.286. The molecule has 196 valence electrons. The van der Waals surface area contributed by atoms with Crippen molar-refractivity contribution in [1.82, 2.24) is 10.2 Å². The summed E-state index contributed by atoms with van der Waals surface area (Å²) in [5.41, 5.74) is 2.15.